The fourth-order valence-electron chi connectivity index (χ4n) is 3.17. The van der Waals surface area contributed by atoms with Gasteiger partial charge < -0.3 is 5.32 Å². The van der Waals surface area contributed by atoms with Crippen LogP contribution in [-0.2, 0) is 0 Å². The highest BCUT2D eigenvalue weighted by atomic mass is 32.2. The second-order valence-corrected chi connectivity index (χ2v) is 8.48. The molecule has 0 saturated carbocycles. The molecule has 0 atom stereocenters. The number of carbonyl (C=O) groups excluding carboxylic acids is 1. The number of hydrogen-bond donors (Lipinski definition) is 1. The van der Waals surface area contributed by atoms with Gasteiger partial charge in [0.2, 0.25) is 0 Å². The molecule has 0 aliphatic heterocycles. The molecule has 0 radical (unpaired) electrons. The number of ketones is 1. The highest BCUT2D eigenvalue weighted by Gasteiger charge is 2.13. The quantitative estimate of drug-likeness (QED) is 0.329. The zero-order valence-electron chi connectivity index (χ0n) is 17.4. The fraction of sp³-hybridized carbons (Fsp3) is 0.192. The maximum Gasteiger partial charge on any atom is 0.187 e. The van der Waals surface area contributed by atoms with Crippen molar-refractivity contribution in [2.24, 2.45) is 0 Å². The summed E-state index contributed by atoms with van der Waals surface area (Å²) in [5.41, 5.74) is 5.16. The molecule has 0 saturated heterocycles. The maximum absolute atomic E-state index is 12.5. The minimum absolute atomic E-state index is 0.00160. The second-order valence-electron chi connectivity index (χ2n) is 7.43. The molecule has 0 spiro atoms. The smallest absolute Gasteiger partial charge is 0.187 e. The van der Waals surface area contributed by atoms with Crippen molar-refractivity contribution < 1.29 is 4.79 Å². The Bertz CT molecular complexity index is 1020. The van der Waals surface area contributed by atoms with Gasteiger partial charge in [0.1, 0.15) is 0 Å². The average molecular weight is 402 g/mol. The van der Waals surface area contributed by atoms with Crippen LogP contribution in [0.2, 0.25) is 0 Å². The third-order valence-corrected chi connectivity index (χ3v) is 6.04. The van der Waals surface area contributed by atoms with E-state index >= 15 is 0 Å². The molecular weight excluding hydrogens is 374 g/mol. The van der Waals surface area contributed by atoms with Gasteiger partial charge in [0.15, 0.2) is 5.78 Å². The van der Waals surface area contributed by atoms with Crippen LogP contribution >= 0.6 is 11.8 Å². The normalized spacial score (nSPS) is 11.6. The lowest BCUT2D eigenvalue weighted by atomic mass is 10.0. The predicted molar refractivity (Wildman–Crippen MR) is 124 cm³/mol. The SMILES string of the molecule is C/C(=C/C(=O)c1ccccc1)Nc1ccccc1Sc1c(C)cccc1C(C)C. The Morgan fingerprint density at radius 2 is 1.62 bits per heavy atom. The summed E-state index contributed by atoms with van der Waals surface area (Å²) in [6.07, 6.45) is 1.66. The van der Waals surface area contributed by atoms with Crippen molar-refractivity contribution in [2.75, 3.05) is 5.32 Å². The number of hydrogen-bond acceptors (Lipinski definition) is 3. The number of allylic oxidation sites excluding steroid dienone is 2. The Balaban J connectivity index is 1.85. The summed E-state index contributed by atoms with van der Waals surface area (Å²) in [7, 11) is 0. The van der Waals surface area contributed by atoms with Crippen LogP contribution in [0.3, 0.4) is 0 Å². The lowest BCUT2D eigenvalue weighted by molar-refractivity contribution is 0.104. The molecule has 148 valence electrons. The number of carbonyl (C=O) groups is 1. The molecule has 0 aliphatic rings. The Morgan fingerprint density at radius 1 is 0.931 bits per heavy atom. The van der Waals surface area contributed by atoms with Crippen LogP contribution in [0.1, 0.15) is 48.2 Å². The van der Waals surface area contributed by atoms with Crippen LogP contribution < -0.4 is 5.32 Å². The van der Waals surface area contributed by atoms with Gasteiger partial charge in [0.05, 0.1) is 5.69 Å². The number of nitrogens with one attached hydrogen (secondary N) is 1. The number of benzene rings is 3. The Hall–Kier alpha value is -2.78. The second kappa shape index (κ2) is 9.62. The Kier molecular flexibility index (Phi) is 6.95. The van der Waals surface area contributed by atoms with Gasteiger partial charge in [-0.3, -0.25) is 4.79 Å². The van der Waals surface area contributed by atoms with E-state index < -0.39 is 0 Å². The van der Waals surface area contributed by atoms with Crippen LogP contribution in [0.25, 0.3) is 0 Å². The minimum atomic E-state index is 0.00160. The molecule has 0 fully saturated rings. The minimum Gasteiger partial charge on any atom is -0.358 e. The monoisotopic (exact) mass is 401 g/mol. The third-order valence-electron chi connectivity index (χ3n) is 4.70. The van der Waals surface area contributed by atoms with Gasteiger partial charge in [0, 0.05) is 27.1 Å². The first-order valence-electron chi connectivity index (χ1n) is 9.87. The standard InChI is InChI=1S/C26H27NOS/c1-18(2)22-14-10-11-19(3)26(22)29-25-16-9-8-15-23(25)27-20(4)17-24(28)21-12-6-5-7-13-21/h5-18,27H,1-4H3/b20-17-. The van der Waals surface area contributed by atoms with Crippen molar-refractivity contribution in [3.63, 3.8) is 0 Å². The number of para-hydroxylation sites is 1. The summed E-state index contributed by atoms with van der Waals surface area (Å²) >= 11 is 1.78. The zero-order chi connectivity index (χ0) is 20.8. The first-order chi connectivity index (χ1) is 14.0. The maximum atomic E-state index is 12.5. The molecule has 0 heterocycles. The van der Waals surface area contributed by atoms with Gasteiger partial charge in [-0.05, 0) is 43.0 Å². The van der Waals surface area contributed by atoms with Gasteiger partial charge in [-0.1, -0.05) is 86.3 Å². The summed E-state index contributed by atoms with van der Waals surface area (Å²) in [5, 5.41) is 3.42. The van der Waals surface area contributed by atoms with Gasteiger partial charge in [0.25, 0.3) is 0 Å². The molecule has 0 bridgehead atoms. The lowest BCUT2D eigenvalue weighted by Gasteiger charge is -2.17. The van der Waals surface area contributed by atoms with Crippen molar-refractivity contribution in [3.8, 4) is 0 Å². The largest absolute Gasteiger partial charge is 0.358 e. The van der Waals surface area contributed by atoms with E-state index in [1.165, 1.54) is 16.0 Å². The molecule has 3 aromatic rings. The van der Waals surface area contributed by atoms with E-state index in [1.807, 2.05) is 43.3 Å². The lowest BCUT2D eigenvalue weighted by Crippen LogP contribution is -2.02. The number of aryl methyl sites for hydroxylation is 1. The van der Waals surface area contributed by atoms with Gasteiger partial charge in [-0.15, -0.1) is 0 Å². The summed E-state index contributed by atoms with van der Waals surface area (Å²) < 4.78 is 0. The molecule has 0 unspecified atom stereocenters. The van der Waals surface area contributed by atoms with Crippen molar-refractivity contribution >= 4 is 23.2 Å². The Labute approximate surface area is 178 Å². The predicted octanol–water partition coefficient (Wildman–Crippen LogP) is 7.47. The third kappa shape index (κ3) is 5.39. The summed E-state index contributed by atoms with van der Waals surface area (Å²) in [6.45, 7) is 8.54. The average Bonchev–Trinajstić information content (AvgIpc) is 2.71. The molecule has 3 aromatic carbocycles. The van der Waals surface area contributed by atoms with Crippen molar-refractivity contribution in [1.29, 1.82) is 0 Å². The van der Waals surface area contributed by atoms with Crippen molar-refractivity contribution in [3.05, 3.63) is 101 Å². The first kappa shape index (κ1) is 20.9. The van der Waals surface area contributed by atoms with E-state index in [2.05, 4.69) is 62.5 Å². The van der Waals surface area contributed by atoms with E-state index in [-0.39, 0.29) is 5.78 Å². The number of anilines is 1. The molecule has 0 aliphatic carbocycles. The molecule has 29 heavy (non-hydrogen) atoms. The van der Waals surface area contributed by atoms with Crippen molar-refractivity contribution in [1.82, 2.24) is 0 Å². The van der Waals surface area contributed by atoms with Gasteiger partial charge in [-0.2, -0.15) is 0 Å². The summed E-state index contributed by atoms with van der Waals surface area (Å²) in [5.74, 6) is 0.462. The van der Waals surface area contributed by atoms with E-state index in [4.69, 9.17) is 0 Å². The highest BCUT2D eigenvalue weighted by Crippen LogP contribution is 2.39. The van der Waals surface area contributed by atoms with Crippen LogP contribution in [0, 0.1) is 6.92 Å². The fourth-order valence-corrected chi connectivity index (χ4v) is 4.42. The van der Waals surface area contributed by atoms with Crippen LogP contribution in [0.15, 0.2) is 94.4 Å². The van der Waals surface area contributed by atoms with Gasteiger partial charge in [-0.25, -0.2) is 0 Å². The Morgan fingerprint density at radius 3 is 2.34 bits per heavy atom. The molecule has 0 amide bonds. The summed E-state index contributed by atoms with van der Waals surface area (Å²) in [6, 6.07) is 24.1. The van der Waals surface area contributed by atoms with E-state index in [9.17, 15) is 4.79 Å². The summed E-state index contributed by atoms with van der Waals surface area (Å²) in [4.78, 5) is 14.9. The van der Waals surface area contributed by atoms with Gasteiger partial charge >= 0.3 is 0 Å². The molecule has 2 nitrogen and oxygen atoms in total. The number of rotatable bonds is 7. The molecular formula is C26H27NOS. The van der Waals surface area contributed by atoms with Crippen LogP contribution in [0.4, 0.5) is 5.69 Å². The van der Waals surface area contributed by atoms with E-state index in [0.717, 1.165) is 16.3 Å². The first-order valence-corrected chi connectivity index (χ1v) is 10.7. The van der Waals surface area contributed by atoms with Crippen LogP contribution in [0.5, 0.6) is 0 Å². The molecule has 1 N–H and O–H groups in total. The molecule has 3 heteroatoms. The van der Waals surface area contributed by atoms with Crippen LogP contribution in [-0.4, -0.2) is 5.78 Å². The topological polar surface area (TPSA) is 29.1 Å². The van der Waals surface area contributed by atoms with E-state index in [1.54, 1.807) is 17.8 Å². The zero-order valence-corrected chi connectivity index (χ0v) is 18.2. The van der Waals surface area contributed by atoms with Crippen molar-refractivity contribution in [2.45, 2.75) is 43.4 Å². The molecule has 0 aromatic heterocycles. The van der Waals surface area contributed by atoms with E-state index in [0.29, 0.717) is 11.5 Å². The highest BCUT2D eigenvalue weighted by molar-refractivity contribution is 7.99. The molecule has 3 rings (SSSR count).